The summed E-state index contributed by atoms with van der Waals surface area (Å²) in [4.78, 5) is 67.0. The molecule has 0 spiro atoms. The van der Waals surface area contributed by atoms with Crippen molar-refractivity contribution in [3.8, 4) is 0 Å². The van der Waals surface area contributed by atoms with Gasteiger partial charge in [-0.05, 0) is 62.0 Å². The predicted molar refractivity (Wildman–Crippen MR) is 187 cm³/mol. The zero-order valence-corrected chi connectivity index (χ0v) is 28.5. The number of ether oxygens (including phenoxy) is 1. The number of hydrogen-bond acceptors (Lipinski definition) is 7. The summed E-state index contributed by atoms with van der Waals surface area (Å²) < 4.78 is 5.39. The van der Waals surface area contributed by atoms with Crippen LogP contribution >= 0.6 is 0 Å². The lowest BCUT2D eigenvalue weighted by Crippen LogP contribution is -2.50. The van der Waals surface area contributed by atoms with Crippen LogP contribution in [0.15, 0.2) is 60.7 Å². The van der Waals surface area contributed by atoms with Crippen LogP contribution in [0.1, 0.15) is 85.3 Å². The first-order valence-electron chi connectivity index (χ1n) is 16.8. The van der Waals surface area contributed by atoms with Crippen LogP contribution in [0.4, 0.5) is 0 Å². The van der Waals surface area contributed by atoms with Gasteiger partial charge in [-0.3, -0.25) is 24.0 Å². The first-order valence-corrected chi connectivity index (χ1v) is 16.8. The second-order valence-electron chi connectivity index (χ2n) is 13.9. The molecule has 1 saturated heterocycles. The van der Waals surface area contributed by atoms with Crippen LogP contribution in [0.2, 0.25) is 0 Å². The van der Waals surface area contributed by atoms with E-state index in [0.717, 1.165) is 11.1 Å². The molecule has 0 aliphatic carbocycles. The van der Waals surface area contributed by atoms with Crippen LogP contribution in [0.5, 0.6) is 0 Å². The van der Waals surface area contributed by atoms with Gasteiger partial charge in [-0.1, -0.05) is 95.8 Å². The minimum Gasteiger partial charge on any atom is -0.389 e. The van der Waals surface area contributed by atoms with Gasteiger partial charge in [-0.2, -0.15) is 0 Å². The minimum absolute atomic E-state index is 0. The number of aryl methyl sites for hydroxylation is 1. The summed E-state index contributed by atoms with van der Waals surface area (Å²) in [7, 11) is 0. The van der Waals surface area contributed by atoms with E-state index in [0.29, 0.717) is 32.3 Å². The normalized spacial score (nSPS) is 17.8. The Morgan fingerprint density at radius 3 is 1.79 bits per heavy atom. The molecular formula is C39H56N2O7. The Hall–Kier alpha value is -3.69. The highest BCUT2D eigenvalue weighted by atomic mass is 16.6. The molecule has 9 nitrogen and oxygen atoms in total. The summed E-state index contributed by atoms with van der Waals surface area (Å²) in [6.45, 7) is 9.24. The Bertz CT molecular complexity index is 1340. The summed E-state index contributed by atoms with van der Waals surface area (Å²) >= 11 is 0. The van der Waals surface area contributed by atoms with Gasteiger partial charge in [0.15, 0.2) is 17.3 Å². The van der Waals surface area contributed by atoms with Gasteiger partial charge in [0.2, 0.25) is 11.8 Å². The average Bonchev–Trinajstić information content (AvgIpc) is 3.80. The van der Waals surface area contributed by atoms with Crippen molar-refractivity contribution >= 4 is 29.2 Å². The SMILES string of the molecule is C.CC(C)C[C@H](NC(=O)[C@H](CCc1ccccc1)CC(=O)CO)C(=O)C[C@@H](Cc1ccccc1)C(=O)N[C@@H](CC(C)C)C(=O)[C@@]1(C)CO1. The maximum absolute atomic E-state index is 14.0. The molecule has 0 aromatic heterocycles. The maximum atomic E-state index is 14.0. The van der Waals surface area contributed by atoms with Crippen molar-refractivity contribution in [2.24, 2.45) is 23.7 Å². The molecule has 3 N–H and O–H groups in total. The molecule has 48 heavy (non-hydrogen) atoms. The monoisotopic (exact) mass is 664 g/mol. The second kappa shape index (κ2) is 19.3. The molecule has 1 heterocycles. The maximum Gasteiger partial charge on any atom is 0.224 e. The summed E-state index contributed by atoms with van der Waals surface area (Å²) in [5.74, 6) is -3.04. The van der Waals surface area contributed by atoms with Gasteiger partial charge in [0.05, 0.1) is 18.7 Å². The van der Waals surface area contributed by atoms with Crippen LogP contribution in [-0.4, -0.2) is 65.2 Å². The Morgan fingerprint density at radius 1 is 0.771 bits per heavy atom. The van der Waals surface area contributed by atoms with E-state index in [2.05, 4.69) is 10.6 Å². The zero-order valence-electron chi connectivity index (χ0n) is 28.5. The van der Waals surface area contributed by atoms with Gasteiger partial charge < -0.3 is 20.5 Å². The Kier molecular flexibility index (Phi) is 16.3. The molecule has 1 aliphatic rings. The quantitative estimate of drug-likeness (QED) is 0.158. The first kappa shape index (κ1) is 40.5. The number of aliphatic hydroxyl groups excluding tert-OH is 1. The average molecular weight is 665 g/mol. The number of rotatable bonds is 21. The topological polar surface area (TPSA) is 142 Å². The van der Waals surface area contributed by atoms with Crippen molar-refractivity contribution in [2.45, 2.75) is 105 Å². The van der Waals surface area contributed by atoms with E-state index in [9.17, 15) is 29.1 Å². The highest BCUT2D eigenvalue weighted by Gasteiger charge is 2.50. The van der Waals surface area contributed by atoms with Gasteiger partial charge >= 0.3 is 0 Å². The van der Waals surface area contributed by atoms with Gasteiger partial charge in [0, 0.05) is 24.7 Å². The molecule has 2 aromatic rings. The van der Waals surface area contributed by atoms with Crippen LogP contribution in [0.25, 0.3) is 0 Å². The fraction of sp³-hybridized carbons (Fsp3) is 0.564. The van der Waals surface area contributed by atoms with E-state index in [1.54, 1.807) is 6.92 Å². The number of epoxide rings is 1. The number of ketones is 3. The molecule has 2 aromatic carbocycles. The van der Waals surface area contributed by atoms with Crippen molar-refractivity contribution in [3.63, 3.8) is 0 Å². The molecule has 0 bridgehead atoms. The number of carbonyl (C=O) groups is 5. The van der Waals surface area contributed by atoms with E-state index < -0.39 is 53.7 Å². The van der Waals surface area contributed by atoms with E-state index >= 15 is 0 Å². The molecule has 3 rings (SSSR count). The van der Waals surface area contributed by atoms with E-state index in [1.165, 1.54) is 0 Å². The van der Waals surface area contributed by atoms with Crippen molar-refractivity contribution in [3.05, 3.63) is 71.8 Å². The minimum atomic E-state index is -0.904. The fourth-order valence-electron chi connectivity index (χ4n) is 5.84. The number of aliphatic hydroxyl groups is 1. The standard InChI is InChI=1S/C38H52N2O7.CH4/c1-25(2)18-32(39-36(45)29(21-31(42)23-41)17-16-27-12-8-6-9-13-27)34(43)22-30(20-28-14-10-7-11-15-28)37(46)40-33(19-26(3)4)35(44)38(5)24-47-38;/h6-15,25-26,29-30,32-33,41H,16-24H2,1-5H3,(H,39,45)(H,40,46);1H4/t29-,30-,32+,33+,38-;/m1./s1. The summed E-state index contributed by atoms with van der Waals surface area (Å²) in [6, 6.07) is 17.4. The summed E-state index contributed by atoms with van der Waals surface area (Å²) in [5.41, 5.74) is 0.985. The lowest BCUT2D eigenvalue weighted by atomic mass is 9.87. The molecule has 0 saturated carbocycles. The number of amides is 2. The molecule has 9 heteroatoms. The molecule has 1 fully saturated rings. The molecule has 0 radical (unpaired) electrons. The predicted octanol–water partition coefficient (Wildman–Crippen LogP) is 5.06. The van der Waals surface area contributed by atoms with Crippen LogP contribution < -0.4 is 10.6 Å². The van der Waals surface area contributed by atoms with Crippen LogP contribution in [0, 0.1) is 23.7 Å². The van der Waals surface area contributed by atoms with Gasteiger partial charge in [-0.15, -0.1) is 0 Å². The van der Waals surface area contributed by atoms with Crippen molar-refractivity contribution in [2.75, 3.05) is 13.2 Å². The van der Waals surface area contributed by atoms with E-state index in [1.807, 2.05) is 88.4 Å². The number of carbonyl (C=O) groups excluding carboxylic acids is 5. The Morgan fingerprint density at radius 2 is 1.27 bits per heavy atom. The summed E-state index contributed by atoms with van der Waals surface area (Å²) in [6.07, 6.45) is 1.73. The molecular weight excluding hydrogens is 608 g/mol. The number of nitrogens with one attached hydrogen (secondary N) is 2. The zero-order chi connectivity index (χ0) is 34.6. The first-order chi connectivity index (χ1) is 22.3. The van der Waals surface area contributed by atoms with Gasteiger partial charge in [-0.25, -0.2) is 0 Å². The van der Waals surface area contributed by atoms with E-state index in [4.69, 9.17) is 4.74 Å². The van der Waals surface area contributed by atoms with Crippen LogP contribution in [-0.2, 0) is 41.6 Å². The third-order valence-electron chi connectivity index (χ3n) is 8.64. The Labute approximate surface area is 286 Å². The second-order valence-corrected chi connectivity index (χ2v) is 13.9. The highest BCUT2D eigenvalue weighted by Crippen LogP contribution is 2.30. The fourth-order valence-corrected chi connectivity index (χ4v) is 5.84. The molecule has 1 aliphatic heterocycles. The molecule has 264 valence electrons. The number of Topliss-reactive ketones (excluding diaryl/α,β-unsaturated/α-hetero) is 3. The largest absolute Gasteiger partial charge is 0.389 e. The Balaban J connectivity index is 0.00000800. The van der Waals surface area contributed by atoms with Crippen molar-refractivity contribution in [1.82, 2.24) is 10.6 Å². The third kappa shape index (κ3) is 13.1. The number of hydrogen-bond donors (Lipinski definition) is 3. The number of benzene rings is 2. The van der Waals surface area contributed by atoms with Gasteiger partial charge in [0.1, 0.15) is 12.2 Å². The summed E-state index contributed by atoms with van der Waals surface area (Å²) in [5, 5.41) is 15.3. The van der Waals surface area contributed by atoms with E-state index in [-0.39, 0.29) is 50.1 Å². The van der Waals surface area contributed by atoms with Gasteiger partial charge in [0.25, 0.3) is 0 Å². The third-order valence-corrected chi connectivity index (χ3v) is 8.64. The molecule has 0 unspecified atom stereocenters. The van der Waals surface area contributed by atoms with Crippen molar-refractivity contribution < 1.29 is 33.8 Å². The smallest absolute Gasteiger partial charge is 0.224 e. The lowest BCUT2D eigenvalue weighted by Gasteiger charge is -2.27. The van der Waals surface area contributed by atoms with Crippen molar-refractivity contribution in [1.29, 1.82) is 0 Å². The highest BCUT2D eigenvalue weighted by molar-refractivity contribution is 5.98. The molecule has 5 atom stereocenters. The molecule has 2 amide bonds. The lowest BCUT2D eigenvalue weighted by molar-refractivity contribution is -0.136. The van der Waals surface area contributed by atoms with Crippen LogP contribution in [0.3, 0.4) is 0 Å².